The van der Waals surface area contributed by atoms with Crippen LogP contribution in [-0.4, -0.2) is 21.9 Å². The van der Waals surface area contributed by atoms with Crippen LogP contribution in [0.25, 0.3) is 83.7 Å². The molecule has 12 aromatic rings. The molecule has 0 aliphatic heterocycles. The Morgan fingerprint density at radius 2 is 0.766 bits per heavy atom. The van der Waals surface area contributed by atoms with Gasteiger partial charge in [0.1, 0.15) is 5.52 Å². The molecule has 0 fully saturated rings. The van der Waals surface area contributed by atoms with Crippen molar-refractivity contribution in [1.82, 2.24) is 10.3 Å². The van der Waals surface area contributed by atoms with Gasteiger partial charge in [0.2, 0.25) is 0 Å². The molecule has 4 aliphatic rings. The highest BCUT2D eigenvalue weighted by Gasteiger charge is 2.54. The van der Waals surface area contributed by atoms with Gasteiger partial charge in [-0.15, -0.1) is 45.3 Å². The molecule has 5 aromatic heterocycles. The molecule has 4 aliphatic carbocycles. The van der Waals surface area contributed by atoms with E-state index in [0.717, 1.165) is 197 Å². The first-order valence-corrected chi connectivity index (χ1v) is 43.4. The number of Topliss-reactive ketones (excluding diaryl/α,β-unsaturated/α-hetero) is 2. The minimum absolute atomic E-state index is 0.193. The third-order valence-electron chi connectivity index (χ3n) is 22.9. The lowest BCUT2D eigenvalue weighted by Gasteiger charge is -2.34. The first kappa shape index (κ1) is 75.7. The topological polar surface area (TPSA) is 129 Å². The van der Waals surface area contributed by atoms with Crippen molar-refractivity contribution in [3.63, 3.8) is 0 Å². The first-order chi connectivity index (χ1) is 54.2. The Labute approximate surface area is 683 Å². The number of halogens is 4. The quantitative estimate of drug-likeness (QED) is 0.0228. The fourth-order valence-corrected chi connectivity index (χ4v) is 23.7. The second-order valence-corrected chi connectivity index (χ2v) is 35.4. The number of unbranched alkanes of at least 4 members (excludes halogenated alkanes) is 12. The van der Waals surface area contributed by atoms with E-state index in [1.807, 2.05) is 12.2 Å². The number of carbonyl (C=O) groups is 2. The summed E-state index contributed by atoms with van der Waals surface area (Å²) in [5.74, 6) is -0.716. The summed E-state index contributed by atoms with van der Waals surface area (Å²) in [5, 5.41) is 34.1. The largest absolute Gasteiger partial charge is 0.289 e. The van der Waals surface area contributed by atoms with Crippen molar-refractivity contribution in [3.8, 4) is 31.6 Å². The van der Waals surface area contributed by atoms with Crippen molar-refractivity contribution in [3.05, 3.63) is 298 Å². The van der Waals surface area contributed by atoms with E-state index >= 15 is 9.59 Å². The molecule has 0 saturated carbocycles. The average molecular weight is 1610 g/mol. The number of benzene rings is 7. The highest BCUT2D eigenvalue weighted by Crippen LogP contribution is 2.69. The van der Waals surface area contributed by atoms with Crippen LogP contribution in [0.15, 0.2) is 161 Å². The van der Waals surface area contributed by atoms with Gasteiger partial charge < -0.3 is 0 Å². The van der Waals surface area contributed by atoms with Crippen LogP contribution in [0.5, 0.6) is 0 Å². The number of aryl methyl sites for hydroxylation is 4. The molecule has 0 bridgehead atoms. The molecule has 0 spiro atoms. The van der Waals surface area contributed by atoms with Gasteiger partial charge in [0, 0.05) is 69.8 Å². The third kappa shape index (κ3) is 12.8. The minimum atomic E-state index is -1.04. The Morgan fingerprint density at radius 1 is 0.432 bits per heavy atom. The normalized spacial score (nSPS) is 15.8. The summed E-state index contributed by atoms with van der Waals surface area (Å²) in [7, 11) is 0. The van der Waals surface area contributed by atoms with E-state index in [0.29, 0.717) is 22.2 Å². The van der Waals surface area contributed by atoms with Crippen LogP contribution < -0.4 is 0 Å². The van der Waals surface area contributed by atoms with Crippen LogP contribution >= 0.6 is 91.8 Å². The summed E-state index contributed by atoms with van der Waals surface area (Å²) >= 11 is 33.3. The molecule has 9 nitrogen and oxygen atoms in total. The van der Waals surface area contributed by atoms with Crippen LogP contribution in [0.1, 0.15) is 239 Å². The molecule has 0 atom stereocenters. The number of nitrogens with zero attached hydrogens (tertiary/aromatic N) is 6. The molecular formula is C94H76Cl4N6O3S4. The summed E-state index contributed by atoms with van der Waals surface area (Å²) in [6, 6.07) is 52.0. The molecule has 7 aromatic carbocycles. The van der Waals surface area contributed by atoms with E-state index in [1.165, 1.54) is 60.1 Å². The van der Waals surface area contributed by atoms with Crippen LogP contribution in [0.2, 0.25) is 20.1 Å². The van der Waals surface area contributed by atoms with E-state index in [2.05, 4.69) is 159 Å². The molecular weight excluding hydrogens is 1530 g/mol. The summed E-state index contributed by atoms with van der Waals surface area (Å²) in [6.07, 6.45) is 25.6. The van der Waals surface area contributed by atoms with E-state index in [9.17, 15) is 10.5 Å². The molecule has 0 saturated heterocycles. The van der Waals surface area contributed by atoms with Gasteiger partial charge in [0.05, 0.1) is 80.4 Å². The molecule has 0 N–H and O–H groups in total. The first-order valence-electron chi connectivity index (χ1n) is 38.6. The smallest absolute Gasteiger partial charge is 0.270 e. The van der Waals surface area contributed by atoms with Crippen molar-refractivity contribution in [1.29, 1.82) is 10.5 Å². The Hall–Kier alpha value is -9.32. The standard InChI is InChI=1S/C94H76Cl4N6O3S4/c1-7-11-15-19-23-53-27-35-57(36-28-53)93(58-37-29-54(30-38-58)24-20-16-12-8-2)69-45-61(43-67-77(75(51-99)101-5)63-47-71(95)73(97)49-65(63)85(67)105)108-87(69)91-81(93)79-83-84(104-107-103-83)90-80(89(79)110-91)82-92(111-90)88-70(46-62(109-88)44-68-78(76(52-100)102-6)64-48-72(96)74(98)50-66(64)86(68)106)94(82,59-39-31-55(32-40-59)25-21-17-13-9-3)60-41-33-56(34-42-60)26-22-18-14-10-4/h27-50H,7-26H2,1-4H3/b67-43-,68-44-,77-75-,78-76+. The Balaban J connectivity index is 1.01. The average Bonchev–Trinajstić information content (AvgIpc) is 1.49. The van der Waals surface area contributed by atoms with Crippen LogP contribution in [0.4, 0.5) is 0 Å². The van der Waals surface area contributed by atoms with Gasteiger partial charge >= 0.3 is 0 Å². The maximum atomic E-state index is 15.1. The van der Waals surface area contributed by atoms with Gasteiger partial charge in [0.25, 0.3) is 11.4 Å². The van der Waals surface area contributed by atoms with E-state index in [4.69, 9.17) is 74.5 Å². The molecule has 111 heavy (non-hydrogen) atoms. The number of carbonyl (C=O) groups excluding carboxylic acids is 2. The van der Waals surface area contributed by atoms with Crippen molar-refractivity contribution in [2.45, 2.75) is 167 Å². The molecule has 16 rings (SSSR count). The zero-order valence-corrected chi connectivity index (χ0v) is 68.3. The van der Waals surface area contributed by atoms with Gasteiger partial charge in [-0.2, -0.15) is 0 Å². The second-order valence-electron chi connectivity index (χ2n) is 29.6. The fourth-order valence-electron chi connectivity index (χ4n) is 17.6. The van der Waals surface area contributed by atoms with E-state index in [-0.39, 0.29) is 76.5 Å². The third-order valence-corrected chi connectivity index (χ3v) is 29.3. The van der Waals surface area contributed by atoms with Crippen molar-refractivity contribution in [2.24, 2.45) is 0 Å². The van der Waals surface area contributed by atoms with Crippen molar-refractivity contribution >= 4 is 158 Å². The lowest BCUT2D eigenvalue weighted by atomic mass is 9.66. The number of fused-ring (bicyclic) bond motifs is 16. The number of hydrogen-bond donors (Lipinski definition) is 0. The van der Waals surface area contributed by atoms with Crippen LogP contribution in [-0.2, 0) is 36.5 Å². The Bertz CT molecular complexity index is 5970. The van der Waals surface area contributed by atoms with E-state index < -0.39 is 10.8 Å². The lowest BCUT2D eigenvalue weighted by Crippen LogP contribution is -2.29. The van der Waals surface area contributed by atoms with Crippen molar-refractivity contribution < 1.29 is 14.2 Å². The zero-order chi connectivity index (χ0) is 77.0. The van der Waals surface area contributed by atoms with Crippen LogP contribution in [0, 0.1) is 35.8 Å². The molecule has 17 heteroatoms. The van der Waals surface area contributed by atoms with Crippen LogP contribution in [0.3, 0.4) is 0 Å². The molecule has 552 valence electrons. The fraction of sp³-hybridized carbons (Fsp3) is 0.277. The summed E-state index contributed by atoms with van der Waals surface area (Å²) in [5.41, 5.74) is 14.4. The number of thiophene rings is 4. The zero-order valence-electron chi connectivity index (χ0n) is 62.1. The predicted molar refractivity (Wildman–Crippen MR) is 460 cm³/mol. The second kappa shape index (κ2) is 31.7. The monoisotopic (exact) mass is 1600 g/mol. The highest BCUT2D eigenvalue weighted by atomic mass is 35.5. The number of rotatable bonds is 26. The summed E-state index contributed by atoms with van der Waals surface area (Å²) in [6.45, 7) is 25.5. The lowest BCUT2D eigenvalue weighted by molar-refractivity contribution is 0.103. The van der Waals surface area contributed by atoms with Gasteiger partial charge in [0.15, 0.2) is 17.1 Å². The Morgan fingerprint density at radius 3 is 1.11 bits per heavy atom. The van der Waals surface area contributed by atoms with Crippen molar-refractivity contribution in [2.75, 3.05) is 0 Å². The van der Waals surface area contributed by atoms with E-state index in [1.54, 1.807) is 57.5 Å². The maximum Gasteiger partial charge on any atom is 0.270 e. The summed E-state index contributed by atoms with van der Waals surface area (Å²) in [4.78, 5) is 43.1. The number of aromatic nitrogens is 2. The molecule has 0 radical (unpaired) electrons. The molecule has 0 unspecified atom stereocenters. The van der Waals surface area contributed by atoms with Gasteiger partial charge in [-0.3, -0.25) is 9.59 Å². The molecule has 5 heterocycles. The number of hydrogen-bond acceptors (Lipinski definition) is 11. The van der Waals surface area contributed by atoms with Gasteiger partial charge in [-0.05, 0) is 177 Å². The summed E-state index contributed by atoms with van der Waals surface area (Å²) < 4.78 is 8.11. The van der Waals surface area contributed by atoms with Gasteiger partial charge in [-0.1, -0.05) is 248 Å². The number of nitriles is 2. The SMILES string of the molecule is [C-]#[N+]/C(C#N)=C1\C(=C\c2cc3c(s2)-c2sc4c(c2C3(c2ccc(CCCCCC)cc2)c2ccc(CCCCCC)cc2)c2nonc2c2sc3c(c24)C(c2ccc(CCCCCC)cc2)(c2ccc(CCCCCC)cc2)c2cc(/C=C4\C(=O)c5cc(Cl)c(Cl)cc5\C4=C(\C#N)[N+]#[C-])sc2-3)C(=O)c2cc(Cl)c(Cl)cc21. The Kier molecular flexibility index (Phi) is 21.6. The predicted octanol–water partition coefficient (Wildman–Crippen LogP) is 28.5. The highest BCUT2D eigenvalue weighted by molar-refractivity contribution is 7.30. The number of allylic oxidation sites excluding steroid dienone is 6. The maximum absolute atomic E-state index is 15.1. The number of ketones is 2. The van der Waals surface area contributed by atoms with Gasteiger partial charge in [-0.25, -0.2) is 24.8 Å². The molecule has 0 amide bonds. The minimum Gasteiger partial charge on any atom is -0.289 e.